The summed E-state index contributed by atoms with van der Waals surface area (Å²) in [5.41, 5.74) is 14.7. The van der Waals surface area contributed by atoms with Crippen molar-refractivity contribution < 1.29 is 4.42 Å². The highest BCUT2D eigenvalue weighted by Crippen LogP contribution is 2.63. The average Bonchev–Trinajstić information content (AvgIpc) is 3.94. The maximum Gasteiger partial charge on any atom is 0.137 e. The molecule has 0 N–H and O–H groups in total. The Morgan fingerprint density at radius 1 is 0.407 bits per heavy atom. The van der Waals surface area contributed by atoms with Crippen LogP contribution in [0.1, 0.15) is 22.3 Å². The maximum absolute atomic E-state index is 7.04. The van der Waals surface area contributed by atoms with Gasteiger partial charge in [-0.3, -0.25) is 0 Å². The van der Waals surface area contributed by atoms with E-state index in [1.54, 1.807) is 0 Å². The fourth-order valence-electron chi connectivity index (χ4n) is 10.1. The van der Waals surface area contributed by atoms with Crippen molar-refractivity contribution in [3.8, 4) is 22.3 Å². The van der Waals surface area contributed by atoms with E-state index in [1.165, 1.54) is 74.5 Å². The van der Waals surface area contributed by atoms with Crippen molar-refractivity contribution in [1.82, 2.24) is 0 Å². The summed E-state index contributed by atoms with van der Waals surface area (Å²) in [5, 5.41) is 4.79. The minimum absolute atomic E-state index is 0.472. The lowest BCUT2D eigenvalue weighted by Gasteiger charge is -2.39. The predicted octanol–water partition coefficient (Wildman–Crippen LogP) is 15.9. The minimum atomic E-state index is -0.472. The van der Waals surface area contributed by atoms with Gasteiger partial charge >= 0.3 is 0 Å². The van der Waals surface area contributed by atoms with Crippen LogP contribution in [-0.4, -0.2) is 0 Å². The van der Waals surface area contributed by atoms with Crippen molar-refractivity contribution in [3.05, 3.63) is 222 Å². The molecule has 0 bridgehead atoms. The third-order valence-corrected chi connectivity index (χ3v) is 14.8. The van der Waals surface area contributed by atoms with Crippen molar-refractivity contribution in [1.29, 1.82) is 0 Å². The van der Waals surface area contributed by atoms with Gasteiger partial charge in [0, 0.05) is 46.6 Å². The molecule has 0 saturated heterocycles. The smallest absolute Gasteiger partial charge is 0.137 e. The normalized spacial score (nSPS) is 13.5. The fourth-order valence-corrected chi connectivity index (χ4v) is 12.5. The van der Waals surface area contributed by atoms with Gasteiger partial charge in [-0.25, -0.2) is 0 Å². The van der Waals surface area contributed by atoms with E-state index in [9.17, 15) is 0 Å². The number of thiophene rings is 1. The number of anilines is 3. The number of rotatable bonds is 4. The van der Waals surface area contributed by atoms with Crippen LogP contribution >= 0.6 is 23.1 Å². The second-order valence-corrected chi connectivity index (χ2v) is 17.7. The molecule has 0 radical (unpaired) electrons. The number of fused-ring (bicyclic) bond motifs is 15. The molecule has 0 unspecified atom stereocenters. The zero-order chi connectivity index (χ0) is 38.7. The molecule has 13 rings (SSSR count). The number of para-hydroxylation sites is 1. The highest BCUT2D eigenvalue weighted by atomic mass is 32.2. The van der Waals surface area contributed by atoms with Crippen molar-refractivity contribution >= 4 is 82.3 Å². The van der Waals surface area contributed by atoms with Crippen LogP contribution in [0.25, 0.3) is 64.4 Å². The first-order valence-corrected chi connectivity index (χ1v) is 21.7. The Balaban J connectivity index is 1.11. The van der Waals surface area contributed by atoms with Crippen LogP contribution in [0.5, 0.6) is 0 Å². The SMILES string of the molecule is c1ccc(-c2ccccc2N(c2ccc3c(c2)sc2ccccc23)c2cccc3oc4cc5c(cc4c23)-c2ccccc2C52c3ccccc3Sc3ccccc32)cc1. The Bertz CT molecular complexity index is 3460. The van der Waals surface area contributed by atoms with Gasteiger partial charge in [-0.15, -0.1) is 11.3 Å². The quantitative estimate of drug-likeness (QED) is 0.177. The lowest BCUT2D eigenvalue weighted by Crippen LogP contribution is -2.31. The lowest BCUT2D eigenvalue weighted by molar-refractivity contribution is 0.664. The van der Waals surface area contributed by atoms with Crippen LogP contribution in [0.3, 0.4) is 0 Å². The highest BCUT2D eigenvalue weighted by molar-refractivity contribution is 7.99. The van der Waals surface area contributed by atoms with Gasteiger partial charge in [-0.2, -0.15) is 0 Å². The molecule has 11 aromatic rings. The molecule has 0 atom stereocenters. The molecule has 0 amide bonds. The molecule has 1 aliphatic carbocycles. The van der Waals surface area contributed by atoms with E-state index in [-0.39, 0.29) is 0 Å². The molecule has 0 fully saturated rings. The summed E-state index contributed by atoms with van der Waals surface area (Å²) in [4.78, 5) is 5.05. The molecule has 59 heavy (non-hydrogen) atoms. The van der Waals surface area contributed by atoms with E-state index in [2.05, 4.69) is 205 Å². The van der Waals surface area contributed by atoms with Crippen LogP contribution in [-0.2, 0) is 5.41 Å². The summed E-state index contributed by atoms with van der Waals surface area (Å²) in [6.07, 6.45) is 0. The molecule has 2 aliphatic rings. The third-order valence-electron chi connectivity index (χ3n) is 12.5. The number of furan rings is 1. The van der Waals surface area contributed by atoms with Crippen molar-refractivity contribution in [2.75, 3.05) is 4.90 Å². The van der Waals surface area contributed by atoms with Gasteiger partial charge in [0.2, 0.25) is 0 Å². The molecule has 3 heterocycles. The van der Waals surface area contributed by atoms with Gasteiger partial charge in [-0.1, -0.05) is 151 Å². The van der Waals surface area contributed by atoms with Gasteiger partial charge in [0.1, 0.15) is 11.2 Å². The zero-order valence-electron chi connectivity index (χ0n) is 31.7. The Morgan fingerprint density at radius 3 is 1.90 bits per heavy atom. The second-order valence-electron chi connectivity index (χ2n) is 15.5. The molecule has 9 aromatic carbocycles. The largest absolute Gasteiger partial charge is 0.456 e. The van der Waals surface area contributed by atoms with E-state index in [0.717, 1.165) is 39.0 Å². The number of hydrogen-bond acceptors (Lipinski definition) is 4. The van der Waals surface area contributed by atoms with Crippen LogP contribution in [0.4, 0.5) is 17.1 Å². The van der Waals surface area contributed by atoms with E-state index in [0.29, 0.717) is 0 Å². The van der Waals surface area contributed by atoms with Crippen molar-refractivity contribution in [2.45, 2.75) is 15.2 Å². The Labute approximate surface area is 349 Å². The van der Waals surface area contributed by atoms with Crippen LogP contribution in [0.15, 0.2) is 214 Å². The summed E-state index contributed by atoms with van der Waals surface area (Å²) in [7, 11) is 0. The maximum atomic E-state index is 7.04. The third kappa shape index (κ3) is 4.64. The van der Waals surface area contributed by atoms with Crippen molar-refractivity contribution in [3.63, 3.8) is 0 Å². The minimum Gasteiger partial charge on any atom is -0.456 e. The first kappa shape index (κ1) is 33.2. The first-order valence-electron chi connectivity index (χ1n) is 20.1. The summed E-state index contributed by atoms with van der Waals surface area (Å²) in [5.74, 6) is 0. The molecule has 4 heteroatoms. The fraction of sp³-hybridized carbons (Fsp3) is 0.0182. The van der Waals surface area contributed by atoms with Gasteiger partial charge in [0.05, 0.1) is 22.2 Å². The average molecular weight is 788 g/mol. The highest BCUT2D eigenvalue weighted by Gasteiger charge is 2.50. The van der Waals surface area contributed by atoms with E-state index < -0.39 is 5.41 Å². The Hall–Kier alpha value is -6.85. The van der Waals surface area contributed by atoms with Gasteiger partial charge in [0.25, 0.3) is 0 Å². The lowest BCUT2D eigenvalue weighted by atomic mass is 9.67. The molecule has 2 aromatic heterocycles. The first-order chi connectivity index (χ1) is 29.3. The number of hydrogen-bond donors (Lipinski definition) is 0. The number of benzene rings is 9. The molecule has 1 aliphatic heterocycles. The van der Waals surface area contributed by atoms with E-state index >= 15 is 0 Å². The molecule has 276 valence electrons. The molecular formula is C55H33NOS2. The second kappa shape index (κ2) is 12.6. The molecule has 2 nitrogen and oxygen atoms in total. The Morgan fingerprint density at radius 2 is 1.07 bits per heavy atom. The zero-order valence-corrected chi connectivity index (χ0v) is 33.4. The van der Waals surface area contributed by atoms with E-state index in [1.807, 2.05) is 23.1 Å². The molecule has 1 spiro atoms. The van der Waals surface area contributed by atoms with E-state index in [4.69, 9.17) is 4.42 Å². The van der Waals surface area contributed by atoms with Gasteiger partial charge in [-0.05, 0) is 99.6 Å². The summed E-state index contributed by atoms with van der Waals surface area (Å²) < 4.78 is 9.61. The molecule has 0 saturated carbocycles. The van der Waals surface area contributed by atoms with Crippen molar-refractivity contribution in [2.24, 2.45) is 0 Å². The monoisotopic (exact) mass is 787 g/mol. The van der Waals surface area contributed by atoms with Crippen LogP contribution in [0.2, 0.25) is 0 Å². The topological polar surface area (TPSA) is 16.4 Å². The summed E-state index contributed by atoms with van der Waals surface area (Å²) >= 11 is 3.73. The predicted molar refractivity (Wildman–Crippen MR) is 248 cm³/mol. The molecular weight excluding hydrogens is 755 g/mol. The van der Waals surface area contributed by atoms with Crippen LogP contribution < -0.4 is 4.90 Å². The standard InChI is InChI=1S/C55H33NOS2/c1-2-15-34(16-3-1)36-17-5-10-23-46(36)56(35-29-30-39-38-19-6-11-26-50(38)58-53(39)31-35)47-24-14-25-48-54(47)41-32-40-37-18-4-7-20-42(37)55(45(40)33-49(41)57-48)43-21-8-12-27-51(43)59-52-28-13-9-22-44(52)55/h1-33H. The van der Waals surface area contributed by atoms with Gasteiger partial charge in [0.15, 0.2) is 0 Å². The van der Waals surface area contributed by atoms with Crippen LogP contribution in [0, 0.1) is 0 Å². The Kier molecular flexibility index (Phi) is 7.07. The number of nitrogens with zero attached hydrogens (tertiary/aromatic N) is 1. The summed E-state index contributed by atoms with van der Waals surface area (Å²) in [6, 6.07) is 73.6. The van der Waals surface area contributed by atoms with Gasteiger partial charge < -0.3 is 9.32 Å². The summed E-state index contributed by atoms with van der Waals surface area (Å²) in [6.45, 7) is 0.